The molecule has 0 heterocycles. The second kappa shape index (κ2) is 9.57. The highest BCUT2D eigenvalue weighted by Crippen LogP contribution is 2.38. The molecule has 0 unspecified atom stereocenters. The van der Waals surface area contributed by atoms with Crippen LogP contribution in [0.4, 0.5) is 0 Å². The average molecular weight is 443 g/mol. The highest BCUT2D eigenvalue weighted by molar-refractivity contribution is 5.57. The Morgan fingerprint density at radius 1 is 0.545 bits per heavy atom. The Bertz CT molecular complexity index is 1160. The fourth-order valence-corrected chi connectivity index (χ4v) is 3.90. The summed E-state index contributed by atoms with van der Waals surface area (Å²) in [6, 6.07) is 23.0. The molecule has 5 nitrogen and oxygen atoms in total. The van der Waals surface area contributed by atoms with E-state index >= 15 is 0 Å². The topological polar surface area (TPSA) is 90.2 Å². The van der Waals surface area contributed by atoms with Crippen LogP contribution in [0.5, 0.6) is 28.7 Å². The number of aromatic hydroxyl groups is 4. The molecule has 0 spiro atoms. The van der Waals surface area contributed by atoms with Crippen LogP contribution >= 0.6 is 0 Å². The second-order valence-electron chi connectivity index (χ2n) is 8.08. The van der Waals surface area contributed by atoms with Crippen LogP contribution in [-0.4, -0.2) is 27.5 Å². The molecular formula is C28H26O5. The van der Waals surface area contributed by atoms with Gasteiger partial charge in [0.05, 0.1) is 7.11 Å². The zero-order valence-electron chi connectivity index (χ0n) is 18.3. The standard InChI is InChI=1S/C28H26O5/c1-33-25-12-6-20(7-13-25)16-26-27(31)21(14-18-2-8-23(29)9-3-18)17-22(28(26)32)15-19-4-10-24(30)11-5-19/h2-13,17,29-32H,14-16H2,1H3. The summed E-state index contributed by atoms with van der Waals surface area (Å²) in [5.74, 6) is 1.22. The van der Waals surface area contributed by atoms with Gasteiger partial charge >= 0.3 is 0 Å². The van der Waals surface area contributed by atoms with Gasteiger partial charge in [0.15, 0.2) is 0 Å². The maximum Gasteiger partial charge on any atom is 0.126 e. The minimum Gasteiger partial charge on any atom is -0.508 e. The van der Waals surface area contributed by atoms with E-state index in [-0.39, 0.29) is 23.0 Å². The number of phenolic OH excluding ortho intramolecular Hbond substituents is 4. The van der Waals surface area contributed by atoms with E-state index in [1.807, 2.05) is 54.6 Å². The van der Waals surface area contributed by atoms with Gasteiger partial charge in [-0.2, -0.15) is 0 Å². The van der Waals surface area contributed by atoms with Crippen LogP contribution in [0.1, 0.15) is 33.4 Å². The Morgan fingerprint density at radius 3 is 1.36 bits per heavy atom. The van der Waals surface area contributed by atoms with Crippen molar-refractivity contribution in [2.24, 2.45) is 0 Å². The number of benzene rings is 4. The molecule has 4 N–H and O–H groups in total. The summed E-state index contributed by atoms with van der Waals surface area (Å²) in [6.45, 7) is 0. The molecule has 168 valence electrons. The predicted molar refractivity (Wildman–Crippen MR) is 127 cm³/mol. The van der Waals surface area contributed by atoms with Gasteiger partial charge in [-0.15, -0.1) is 0 Å². The second-order valence-corrected chi connectivity index (χ2v) is 8.08. The average Bonchev–Trinajstić information content (AvgIpc) is 2.83. The summed E-state index contributed by atoms with van der Waals surface area (Å²) >= 11 is 0. The summed E-state index contributed by atoms with van der Waals surface area (Å²) in [7, 11) is 1.61. The monoisotopic (exact) mass is 442 g/mol. The number of hydrogen-bond acceptors (Lipinski definition) is 5. The molecule has 0 saturated carbocycles. The van der Waals surface area contributed by atoms with E-state index < -0.39 is 0 Å². The molecule has 0 radical (unpaired) electrons. The lowest BCUT2D eigenvalue weighted by Crippen LogP contribution is -2.00. The zero-order chi connectivity index (χ0) is 23.4. The third kappa shape index (κ3) is 5.21. The van der Waals surface area contributed by atoms with Crippen molar-refractivity contribution in [3.8, 4) is 28.7 Å². The molecule has 0 saturated heterocycles. The van der Waals surface area contributed by atoms with Crippen molar-refractivity contribution < 1.29 is 25.2 Å². The summed E-state index contributed by atoms with van der Waals surface area (Å²) < 4.78 is 5.22. The van der Waals surface area contributed by atoms with Crippen LogP contribution in [0.2, 0.25) is 0 Å². The van der Waals surface area contributed by atoms with Gasteiger partial charge in [-0.25, -0.2) is 0 Å². The van der Waals surface area contributed by atoms with E-state index in [1.165, 1.54) is 0 Å². The van der Waals surface area contributed by atoms with E-state index in [2.05, 4.69) is 0 Å². The number of ether oxygens (including phenoxy) is 1. The van der Waals surface area contributed by atoms with Gasteiger partial charge in [0.1, 0.15) is 28.7 Å². The SMILES string of the molecule is COc1ccc(Cc2c(O)c(Cc3ccc(O)cc3)cc(Cc3ccc(O)cc3)c2O)cc1. The van der Waals surface area contributed by atoms with E-state index in [0.29, 0.717) is 36.0 Å². The quantitative estimate of drug-likeness (QED) is 0.312. The first kappa shape index (κ1) is 22.1. The van der Waals surface area contributed by atoms with E-state index in [4.69, 9.17) is 4.74 Å². The predicted octanol–water partition coefficient (Wildman–Crippen LogP) is 5.29. The van der Waals surface area contributed by atoms with Gasteiger partial charge in [0, 0.05) is 24.8 Å². The van der Waals surface area contributed by atoms with Crippen molar-refractivity contribution >= 4 is 0 Å². The molecule has 33 heavy (non-hydrogen) atoms. The van der Waals surface area contributed by atoms with Gasteiger partial charge in [0.25, 0.3) is 0 Å². The summed E-state index contributed by atoms with van der Waals surface area (Å²) in [4.78, 5) is 0. The first-order valence-electron chi connectivity index (χ1n) is 10.7. The molecule has 4 aromatic carbocycles. The molecule has 0 aliphatic rings. The van der Waals surface area contributed by atoms with Gasteiger partial charge in [-0.3, -0.25) is 0 Å². The first-order valence-corrected chi connectivity index (χ1v) is 10.7. The lowest BCUT2D eigenvalue weighted by Gasteiger charge is -2.17. The van der Waals surface area contributed by atoms with Crippen molar-refractivity contribution in [1.29, 1.82) is 0 Å². The van der Waals surface area contributed by atoms with Crippen molar-refractivity contribution in [2.45, 2.75) is 19.3 Å². The molecule has 4 rings (SSSR count). The van der Waals surface area contributed by atoms with Crippen LogP contribution in [0.15, 0.2) is 78.9 Å². The van der Waals surface area contributed by atoms with E-state index in [1.54, 1.807) is 31.4 Å². The van der Waals surface area contributed by atoms with Crippen molar-refractivity contribution in [1.82, 2.24) is 0 Å². The Kier molecular flexibility index (Phi) is 6.41. The van der Waals surface area contributed by atoms with Gasteiger partial charge in [0.2, 0.25) is 0 Å². The van der Waals surface area contributed by atoms with Crippen molar-refractivity contribution in [3.63, 3.8) is 0 Å². The molecule has 0 fully saturated rings. The Morgan fingerprint density at radius 2 is 0.939 bits per heavy atom. The fourth-order valence-electron chi connectivity index (χ4n) is 3.90. The number of methoxy groups -OCH3 is 1. The minimum absolute atomic E-state index is 0.0610. The van der Waals surface area contributed by atoms with Gasteiger partial charge < -0.3 is 25.2 Å². The Labute approximate surface area is 192 Å². The van der Waals surface area contributed by atoms with Crippen LogP contribution < -0.4 is 4.74 Å². The normalized spacial score (nSPS) is 10.8. The molecule has 4 aromatic rings. The molecular weight excluding hydrogens is 416 g/mol. The lowest BCUT2D eigenvalue weighted by molar-refractivity contribution is 0.414. The molecule has 0 atom stereocenters. The molecule has 0 bridgehead atoms. The first-order chi connectivity index (χ1) is 15.9. The third-order valence-corrected chi connectivity index (χ3v) is 5.73. The minimum atomic E-state index is 0.0610. The zero-order valence-corrected chi connectivity index (χ0v) is 18.3. The maximum absolute atomic E-state index is 11.1. The molecule has 0 aliphatic carbocycles. The van der Waals surface area contributed by atoms with Crippen LogP contribution in [0.25, 0.3) is 0 Å². The molecule has 0 aromatic heterocycles. The van der Waals surface area contributed by atoms with Crippen molar-refractivity contribution in [2.75, 3.05) is 7.11 Å². The largest absolute Gasteiger partial charge is 0.508 e. The highest BCUT2D eigenvalue weighted by atomic mass is 16.5. The smallest absolute Gasteiger partial charge is 0.126 e. The number of rotatable bonds is 7. The summed E-state index contributed by atoms with van der Waals surface area (Å²) in [5, 5.41) is 41.4. The highest BCUT2D eigenvalue weighted by Gasteiger charge is 2.18. The van der Waals surface area contributed by atoms with Crippen LogP contribution in [-0.2, 0) is 19.3 Å². The van der Waals surface area contributed by atoms with Gasteiger partial charge in [-0.05, 0) is 70.3 Å². The third-order valence-electron chi connectivity index (χ3n) is 5.73. The fraction of sp³-hybridized carbons (Fsp3) is 0.143. The molecule has 5 heteroatoms. The molecule has 0 amide bonds. The lowest BCUT2D eigenvalue weighted by atomic mass is 9.91. The van der Waals surface area contributed by atoms with Crippen LogP contribution in [0.3, 0.4) is 0 Å². The van der Waals surface area contributed by atoms with E-state index in [0.717, 1.165) is 22.4 Å². The Balaban J connectivity index is 1.74. The van der Waals surface area contributed by atoms with Crippen LogP contribution in [0, 0.1) is 0 Å². The number of hydrogen-bond donors (Lipinski definition) is 4. The Hall–Kier alpha value is -4.12. The van der Waals surface area contributed by atoms with E-state index in [9.17, 15) is 20.4 Å². The van der Waals surface area contributed by atoms with Gasteiger partial charge in [-0.1, -0.05) is 36.4 Å². The summed E-state index contributed by atoms with van der Waals surface area (Å²) in [6.07, 6.45) is 1.25. The van der Waals surface area contributed by atoms with Crippen molar-refractivity contribution in [3.05, 3.63) is 112 Å². The number of phenols is 4. The maximum atomic E-state index is 11.1. The summed E-state index contributed by atoms with van der Waals surface area (Å²) in [5.41, 5.74) is 4.63. The molecule has 0 aliphatic heterocycles.